The average Bonchev–Trinajstić information content (AvgIpc) is 2.40. The highest BCUT2D eigenvalue weighted by atomic mass is 16.6. The van der Waals surface area contributed by atoms with Crippen molar-refractivity contribution in [1.29, 1.82) is 0 Å². The minimum atomic E-state index is -1.17. The molecule has 0 saturated carbocycles. The number of carboxylic acids is 1. The van der Waals surface area contributed by atoms with E-state index in [0.29, 0.717) is 17.2 Å². The predicted molar refractivity (Wildman–Crippen MR) is 81.9 cm³/mol. The van der Waals surface area contributed by atoms with E-state index in [4.69, 9.17) is 5.11 Å². The highest BCUT2D eigenvalue weighted by molar-refractivity contribution is 5.90. The molecule has 116 valence electrons. The second-order valence-electron chi connectivity index (χ2n) is 5.52. The van der Waals surface area contributed by atoms with Gasteiger partial charge >= 0.3 is 5.97 Å². The van der Waals surface area contributed by atoms with Crippen LogP contribution >= 0.6 is 0 Å². The number of nitrogens with one attached hydrogen (secondary N) is 1. The van der Waals surface area contributed by atoms with E-state index >= 15 is 0 Å². The average molecular weight is 294 g/mol. The van der Waals surface area contributed by atoms with Gasteiger partial charge in [0.15, 0.2) is 0 Å². The molecule has 1 aromatic rings. The molecule has 6 nitrogen and oxygen atoms in total. The largest absolute Gasteiger partial charge is 0.478 e. The van der Waals surface area contributed by atoms with E-state index in [1.807, 2.05) is 6.92 Å². The SMILES string of the molecule is CCC(C)CC(C)Nc1cc(C(=O)O)cc([N+](=O)[O-])c1C. The van der Waals surface area contributed by atoms with Crippen molar-refractivity contribution in [2.45, 2.75) is 46.6 Å². The first-order valence-corrected chi connectivity index (χ1v) is 7.05. The lowest BCUT2D eigenvalue weighted by molar-refractivity contribution is -0.385. The van der Waals surface area contributed by atoms with Crippen LogP contribution in [0.1, 0.15) is 49.5 Å². The van der Waals surface area contributed by atoms with Crippen molar-refractivity contribution in [3.8, 4) is 0 Å². The van der Waals surface area contributed by atoms with E-state index in [2.05, 4.69) is 19.2 Å². The van der Waals surface area contributed by atoms with Gasteiger partial charge in [-0.05, 0) is 32.3 Å². The Balaban J connectivity index is 3.10. The fourth-order valence-corrected chi connectivity index (χ4v) is 2.26. The summed E-state index contributed by atoms with van der Waals surface area (Å²) in [7, 11) is 0. The van der Waals surface area contributed by atoms with Crippen LogP contribution < -0.4 is 5.32 Å². The van der Waals surface area contributed by atoms with E-state index in [-0.39, 0.29) is 17.3 Å². The first-order chi connectivity index (χ1) is 9.76. The lowest BCUT2D eigenvalue weighted by Gasteiger charge is -2.20. The number of nitro groups is 1. The standard InChI is InChI=1S/C15H22N2O4/c1-5-9(2)6-10(3)16-13-7-12(15(18)19)8-14(11(13)4)17(20)21/h7-10,16H,5-6H2,1-4H3,(H,18,19). The van der Waals surface area contributed by atoms with Crippen molar-refractivity contribution >= 4 is 17.3 Å². The highest BCUT2D eigenvalue weighted by Gasteiger charge is 2.20. The summed E-state index contributed by atoms with van der Waals surface area (Å²) in [5, 5.41) is 23.3. The molecule has 0 radical (unpaired) electrons. The summed E-state index contributed by atoms with van der Waals surface area (Å²) in [6, 6.07) is 2.67. The summed E-state index contributed by atoms with van der Waals surface area (Å²) in [4.78, 5) is 21.6. The molecule has 0 bridgehead atoms. The number of aromatic carboxylic acids is 1. The Hall–Kier alpha value is -2.11. The molecule has 0 aliphatic carbocycles. The highest BCUT2D eigenvalue weighted by Crippen LogP contribution is 2.29. The second kappa shape index (κ2) is 7.06. The fourth-order valence-electron chi connectivity index (χ4n) is 2.26. The van der Waals surface area contributed by atoms with Crippen LogP contribution in [0.3, 0.4) is 0 Å². The number of hydrogen-bond acceptors (Lipinski definition) is 4. The zero-order valence-electron chi connectivity index (χ0n) is 12.8. The molecule has 2 N–H and O–H groups in total. The van der Waals surface area contributed by atoms with Crippen molar-refractivity contribution in [2.75, 3.05) is 5.32 Å². The lowest BCUT2D eigenvalue weighted by atomic mass is 9.99. The zero-order chi connectivity index (χ0) is 16.2. The van der Waals surface area contributed by atoms with E-state index in [0.717, 1.165) is 18.9 Å². The molecule has 21 heavy (non-hydrogen) atoms. The van der Waals surface area contributed by atoms with Gasteiger partial charge in [0.2, 0.25) is 0 Å². The summed E-state index contributed by atoms with van der Waals surface area (Å²) >= 11 is 0. The first kappa shape index (κ1) is 16.9. The molecular formula is C15H22N2O4. The van der Waals surface area contributed by atoms with Crippen LogP contribution in [0.5, 0.6) is 0 Å². The number of carboxylic acid groups (broad SMARTS) is 1. The quantitative estimate of drug-likeness (QED) is 0.588. The number of carbonyl (C=O) groups is 1. The summed E-state index contributed by atoms with van der Waals surface area (Å²) in [5.74, 6) is -0.638. The van der Waals surface area contributed by atoms with Crippen LogP contribution in [0, 0.1) is 23.0 Å². The van der Waals surface area contributed by atoms with Crippen LogP contribution in [-0.2, 0) is 0 Å². The van der Waals surface area contributed by atoms with Gasteiger partial charge in [-0.1, -0.05) is 20.3 Å². The topological polar surface area (TPSA) is 92.5 Å². The van der Waals surface area contributed by atoms with Crippen molar-refractivity contribution in [3.63, 3.8) is 0 Å². The number of hydrogen-bond donors (Lipinski definition) is 2. The maximum Gasteiger partial charge on any atom is 0.336 e. The van der Waals surface area contributed by atoms with E-state index in [1.165, 1.54) is 6.07 Å². The van der Waals surface area contributed by atoms with Crippen LogP contribution in [0.2, 0.25) is 0 Å². The third-order valence-corrected chi connectivity index (χ3v) is 3.68. The summed E-state index contributed by atoms with van der Waals surface area (Å²) in [5.41, 5.74) is 0.720. The Bertz CT molecular complexity index is 543. The summed E-state index contributed by atoms with van der Waals surface area (Å²) in [6.45, 7) is 7.87. The van der Waals surface area contributed by atoms with Gasteiger partial charge in [-0.25, -0.2) is 4.79 Å². The molecule has 0 heterocycles. The van der Waals surface area contributed by atoms with Gasteiger partial charge < -0.3 is 10.4 Å². The summed E-state index contributed by atoms with van der Waals surface area (Å²) < 4.78 is 0. The van der Waals surface area contributed by atoms with E-state index < -0.39 is 10.9 Å². The molecule has 1 aromatic carbocycles. The van der Waals surface area contributed by atoms with Crippen molar-refractivity contribution in [1.82, 2.24) is 0 Å². The third-order valence-electron chi connectivity index (χ3n) is 3.68. The first-order valence-electron chi connectivity index (χ1n) is 7.05. The maximum atomic E-state index is 11.1. The Morgan fingerprint density at radius 3 is 2.52 bits per heavy atom. The molecule has 0 spiro atoms. The van der Waals surface area contributed by atoms with Gasteiger partial charge in [-0.15, -0.1) is 0 Å². The fraction of sp³-hybridized carbons (Fsp3) is 0.533. The van der Waals surface area contributed by atoms with Crippen LogP contribution in [-0.4, -0.2) is 22.0 Å². The third kappa shape index (κ3) is 4.44. The van der Waals surface area contributed by atoms with E-state index in [9.17, 15) is 14.9 Å². The molecule has 0 aliphatic rings. The Morgan fingerprint density at radius 1 is 1.43 bits per heavy atom. The Morgan fingerprint density at radius 2 is 2.05 bits per heavy atom. The van der Waals surface area contributed by atoms with Gasteiger partial charge in [0.1, 0.15) is 0 Å². The predicted octanol–water partition coefficient (Wildman–Crippen LogP) is 3.84. The minimum absolute atomic E-state index is 0.0782. The van der Waals surface area contributed by atoms with Gasteiger partial charge in [-0.3, -0.25) is 10.1 Å². The molecule has 0 amide bonds. The van der Waals surface area contributed by atoms with Crippen LogP contribution in [0.15, 0.2) is 12.1 Å². The van der Waals surface area contributed by atoms with Gasteiger partial charge in [0.05, 0.1) is 10.5 Å². The molecule has 0 aliphatic heterocycles. The number of nitro benzene ring substituents is 1. The molecule has 0 fully saturated rings. The number of rotatable bonds is 7. The Kier molecular flexibility index (Phi) is 5.69. The van der Waals surface area contributed by atoms with Gasteiger partial charge in [0, 0.05) is 23.4 Å². The minimum Gasteiger partial charge on any atom is -0.478 e. The number of nitrogens with zero attached hydrogens (tertiary/aromatic N) is 1. The number of anilines is 1. The zero-order valence-corrected chi connectivity index (χ0v) is 12.8. The monoisotopic (exact) mass is 294 g/mol. The molecule has 0 aromatic heterocycles. The molecule has 6 heteroatoms. The second-order valence-corrected chi connectivity index (χ2v) is 5.52. The molecule has 1 rings (SSSR count). The lowest BCUT2D eigenvalue weighted by Crippen LogP contribution is -2.19. The van der Waals surface area contributed by atoms with Crippen LogP contribution in [0.4, 0.5) is 11.4 Å². The number of benzene rings is 1. The van der Waals surface area contributed by atoms with E-state index in [1.54, 1.807) is 6.92 Å². The molecule has 2 unspecified atom stereocenters. The molecule has 2 atom stereocenters. The van der Waals surface area contributed by atoms with Gasteiger partial charge in [-0.2, -0.15) is 0 Å². The maximum absolute atomic E-state index is 11.1. The molecular weight excluding hydrogens is 272 g/mol. The molecule has 0 saturated heterocycles. The van der Waals surface area contributed by atoms with Crippen molar-refractivity contribution in [3.05, 3.63) is 33.4 Å². The van der Waals surface area contributed by atoms with Crippen molar-refractivity contribution in [2.24, 2.45) is 5.92 Å². The van der Waals surface area contributed by atoms with Crippen LogP contribution in [0.25, 0.3) is 0 Å². The van der Waals surface area contributed by atoms with Crippen molar-refractivity contribution < 1.29 is 14.8 Å². The summed E-state index contributed by atoms with van der Waals surface area (Å²) in [6.07, 6.45) is 1.97. The van der Waals surface area contributed by atoms with Gasteiger partial charge in [0.25, 0.3) is 5.69 Å². The smallest absolute Gasteiger partial charge is 0.336 e. The Labute approximate surface area is 124 Å². The normalized spacial score (nSPS) is 13.5.